The maximum atomic E-state index is 12.1. The maximum Gasteiger partial charge on any atom is 0.160 e. The Balaban J connectivity index is 5.23. The van der Waals surface area contributed by atoms with Crippen molar-refractivity contribution in [1.82, 2.24) is 0 Å². The number of hydrogen-bond acceptors (Lipinski definition) is 1. The van der Waals surface area contributed by atoms with Gasteiger partial charge in [0, 0.05) is 5.41 Å². The van der Waals surface area contributed by atoms with E-state index in [1.165, 1.54) is 5.57 Å². The average molecular weight is 238 g/mol. The van der Waals surface area contributed by atoms with Crippen molar-refractivity contribution in [3.8, 4) is 0 Å². The van der Waals surface area contributed by atoms with Crippen molar-refractivity contribution in [2.45, 2.75) is 68.7 Å². The molecule has 0 aromatic rings. The van der Waals surface area contributed by atoms with Crippen molar-refractivity contribution in [1.29, 1.82) is 0 Å². The number of hydrogen-bond donors (Lipinski definition) is 0. The largest absolute Gasteiger partial charge is 0.294 e. The fourth-order valence-electron chi connectivity index (χ4n) is 1.48. The van der Waals surface area contributed by atoms with Crippen LogP contribution >= 0.6 is 0 Å². The summed E-state index contributed by atoms with van der Waals surface area (Å²) < 4.78 is 0. The smallest absolute Gasteiger partial charge is 0.160 e. The third-order valence-corrected chi connectivity index (χ3v) is 2.73. The predicted octanol–water partition coefficient (Wildman–Crippen LogP) is 5.01. The molecule has 0 N–H and O–H groups in total. The Morgan fingerprint density at radius 1 is 0.824 bits per heavy atom. The molecule has 0 unspecified atom stereocenters. The number of carbonyl (C=O) groups is 1. The van der Waals surface area contributed by atoms with Crippen LogP contribution in [-0.2, 0) is 4.79 Å². The maximum absolute atomic E-state index is 12.1. The third-order valence-electron chi connectivity index (χ3n) is 2.73. The minimum atomic E-state index is -0.283. The molecular weight excluding hydrogens is 208 g/mol. The number of ketones is 1. The van der Waals surface area contributed by atoms with Crippen molar-refractivity contribution >= 4 is 5.78 Å². The molecule has 100 valence electrons. The Morgan fingerprint density at radius 3 is 1.47 bits per heavy atom. The van der Waals surface area contributed by atoms with E-state index in [1.54, 1.807) is 0 Å². The van der Waals surface area contributed by atoms with Crippen LogP contribution in [0.5, 0.6) is 0 Å². The van der Waals surface area contributed by atoms with Crippen molar-refractivity contribution in [2.75, 3.05) is 0 Å². The Labute approximate surface area is 108 Å². The van der Waals surface area contributed by atoms with Gasteiger partial charge in [-0.3, -0.25) is 4.79 Å². The van der Waals surface area contributed by atoms with Crippen LogP contribution in [0.4, 0.5) is 0 Å². The fraction of sp³-hybridized carbons (Fsp3) is 0.812. The van der Waals surface area contributed by atoms with E-state index in [0.29, 0.717) is 0 Å². The second-order valence-electron chi connectivity index (χ2n) is 8.27. The minimum absolute atomic E-state index is 0.0637. The van der Waals surface area contributed by atoms with Crippen LogP contribution in [0.25, 0.3) is 0 Å². The third kappa shape index (κ3) is 6.65. The van der Waals surface area contributed by atoms with Crippen molar-refractivity contribution in [3.05, 3.63) is 11.6 Å². The molecule has 0 saturated heterocycles. The van der Waals surface area contributed by atoms with E-state index in [4.69, 9.17) is 0 Å². The average Bonchev–Trinajstić information content (AvgIpc) is 1.96. The molecule has 0 aliphatic carbocycles. The van der Waals surface area contributed by atoms with Gasteiger partial charge < -0.3 is 0 Å². The lowest BCUT2D eigenvalue weighted by molar-refractivity contribution is -0.121. The van der Waals surface area contributed by atoms with E-state index in [2.05, 4.69) is 41.5 Å². The van der Waals surface area contributed by atoms with Crippen LogP contribution < -0.4 is 0 Å². The Kier molecular flexibility index (Phi) is 4.78. The molecule has 0 radical (unpaired) electrons. The summed E-state index contributed by atoms with van der Waals surface area (Å²) in [5.74, 6) is 0.228. The van der Waals surface area contributed by atoms with E-state index >= 15 is 0 Å². The first-order chi connectivity index (χ1) is 7.23. The van der Waals surface area contributed by atoms with E-state index in [0.717, 1.165) is 6.42 Å². The molecule has 0 atom stereocenters. The van der Waals surface area contributed by atoms with Gasteiger partial charge in [-0.15, -0.1) is 0 Å². The molecular formula is C16H30O. The van der Waals surface area contributed by atoms with Gasteiger partial charge in [0.05, 0.1) is 0 Å². The van der Waals surface area contributed by atoms with Crippen LogP contribution in [0.1, 0.15) is 68.7 Å². The number of rotatable bonds is 2. The molecule has 0 rings (SSSR count). The van der Waals surface area contributed by atoms with Crippen molar-refractivity contribution < 1.29 is 4.79 Å². The van der Waals surface area contributed by atoms with Gasteiger partial charge in [-0.2, -0.15) is 0 Å². The zero-order chi connectivity index (χ0) is 14.1. The lowest BCUT2D eigenvalue weighted by Gasteiger charge is -2.30. The lowest BCUT2D eigenvalue weighted by atomic mass is 9.75. The first-order valence-corrected chi connectivity index (χ1v) is 6.49. The van der Waals surface area contributed by atoms with E-state index < -0.39 is 0 Å². The van der Waals surface area contributed by atoms with Crippen LogP contribution in [-0.4, -0.2) is 5.78 Å². The molecule has 0 amide bonds. The first kappa shape index (κ1) is 16.4. The van der Waals surface area contributed by atoms with Gasteiger partial charge in [0.15, 0.2) is 5.78 Å². The van der Waals surface area contributed by atoms with Crippen molar-refractivity contribution in [3.63, 3.8) is 0 Å². The second kappa shape index (κ2) is 4.96. The summed E-state index contributed by atoms with van der Waals surface area (Å²) in [7, 11) is 0. The molecule has 0 aromatic heterocycles. The molecule has 0 bridgehead atoms. The highest BCUT2D eigenvalue weighted by Crippen LogP contribution is 2.36. The summed E-state index contributed by atoms with van der Waals surface area (Å²) >= 11 is 0. The highest BCUT2D eigenvalue weighted by molar-refractivity contribution is 5.94. The summed E-state index contributed by atoms with van der Waals surface area (Å²) in [5, 5.41) is 0. The van der Waals surface area contributed by atoms with Gasteiger partial charge in [0.25, 0.3) is 0 Å². The Morgan fingerprint density at radius 2 is 1.24 bits per heavy atom. The SMILES string of the molecule is CC(C)(C)C/C(=C/C(=O)C(C)(C)C)C(C)(C)C. The number of allylic oxidation sites excluding steroid dienone is 2. The molecule has 0 aliphatic heterocycles. The fourth-order valence-corrected chi connectivity index (χ4v) is 1.48. The topological polar surface area (TPSA) is 17.1 Å². The van der Waals surface area contributed by atoms with Crippen LogP contribution in [0.2, 0.25) is 0 Å². The summed E-state index contributed by atoms with van der Waals surface area (Å²) in [6.45, 7) is 19.1. The molecule has 0 aromatic carbocycles. The summed E-state index contributed by atoms with van der Waals surface area (Å²) in [6, 6.07) is 0. The molecule has 0 aliphatic rings. The van der Waals surface area contributed by atoms with Gasteiger partial charge in [-0.1, -0.05) is 67.9 Å². The predicted molar refractivity (Wildman–Crippen MR) is 76.1 cm³/mol. The molecule has 1 nitrogen and oxygen atoms in total. The molecule has 0 spiro atoms. The van der Waals surface area contributed by atoms with Crippen LogP contribution in [0, 0.1) is 16.2 Å². The molecule has 0 saturated carbocycles. The number of carbonyl (C=O) groups excluding carboxylic acids is 1. The van der Waals surface area contributed by atoms with Gasteiger partial charge in [0.1, 0.15) is 0 Å². The molecule has 17 heavy (non-hydrogen) atoms. The zero-order valence-corrected chi connectivity index (χ0v) is 13.2. The summed E-state index contributed by atoms with van der Waals surface area (Å²) in [5.41, 5.74) is 1.25. The van der Waals surface area contributed by atoms with Gasteiger partial charge >= 0.3 is 0 Å². The van der Waals surface area contributed by atoms with Crippen LogP contribution in [0.15, 0.2) is 11.6 Å². The van der Waals surface area contributed by atoms with E-state index in [-0.39, 0.29) is 22.0 Å². The monoisotopic (exact) mass is 238 g/mol. The van der Waals surface area contributed by atoms with Crippen molar-refractivity contribution in [2.24, 2.45) is 16.2 Å². The molecule has 0 fully saturated rings. The first-order valence-electron chi connectivity index (χ1n) is 6.49. The van der Waals surface area contributed by atoms with Gasteiger partial charge in [-0.05, 0) is 23.3 Å². The van der Waals surface area contributed by atoms with E-state index in [9.17, 15) is 4.79 Å². The van der Waals surface area contributed by atoms with Gasteiger partial charge in [-0.25, -0.2) is 0 Å². The zero-order valence-electron chi connectivity index (χ0n) is 13.2. The lowest BCUT2D eigenvalue weighted by Crippen LogP contribution is -2.22. The normalized spacial score (nSPS) is 15.0. The van der Waals surface area contributed by atoms with Gasteiger partial charge in [0.2, 0.25) is 0 Å². The summed E-state index contributed by atoms with van der Waals surface area (Å²) in [6.07, 6.45) is 2.85. The molecule has 1 heteroatoms. The standard InChI is InChI=1S/C16H30O/c1-14(2,3)11-12(15(4,5)6)10-13(17)16(7,8)9/h10H,11H2,1-9H3/b12-10-. The van der Waals surface area contributed by atoms with Crippen LogP contribution in [0.3, 0.4) is 0 Å². The molecule has 0 heterocycles. The minimum Gasteiger partial charge on any atom is -0.294 e. The van der Waals surface area contributed by atoms with E-state index in [1.807, 2.05) is 26.8 Å². The second-order valence-corrected chi connectivity index (χ2v) is 8.27. The highest BCUT2D eigenvalue weighted by atomic mass is 16.1. The Hall–Kier alpha value is -0.590. The Bertz CT molecular complexity index is 300. The highest BCUT2D eigenvalue weighted by Gasteiger charge is 2.26. The summed E-state index contributed by atoms with van der Waals surface area (Å²) in [4.78, 5) is 12.1. The quantitative estimate of drug-likeness (QED) is 0.618.